The minimum absolute atomic E-state index is 0.0362. The van der Waals surface area contributed by atoms with Crippen molar-refractivity contribution in [3.63, 3.8) is 0 Å². The first kappa shape index (κ1) is 13.4. The molecule has 1 saturated carbocycles. The largest absolute Gasteiger partial charge is 0.497 e. The van der Waals surface area contributed by atoms with Crippen LogP contribution in [0.2, 0.25) is 0 Å². The maximum atomic E-state index is 12.2. The van der Waals surface area contributed by atoms with Crippen LogP contribution in [0.4, 0.5) is 0 Å². The van der Waals surface area contributed by atoms with Crippen molar-refractivity contribution in [2.24, 2.45) is 5.92 Å². The van der Waals surface area contributed by atoms with E-state index in [1.807, 2.05) is 6.07 Å². The Labute approximate surface area is 120 Å². The van der Waals surface area contributed by atoms with Crippen molar-refractivity contribution in [3.8, 4) is 5.75 Å². The molecule has 0 radical (unpaired) electrons. The van der Waals surface area contributed by atoms with Gasteiger partial charge in [-0.15, -0.1) is 0 Å². The summed E-state index contributed by atoms with van der Waals surface area (Å²) in [5.41, 5.74) is 4.13. The summed E-state index contributed by atoms with van der Waals surface area (Å²) in [5.74, 6) is 1.47. The van der Waals surface area contributed by atoms with Gasteiger partial charge in [0.1, 0.15) is 11.5 Å². The molecule has 0 saturated heterocycles. The van der Waals surface area contributed by atoms with Gasteiger partial charge in [0, 0.05) is 17.8 Å². The van der Waals surface area contributed by atoms with E-state index in [0.29, 0.717) is 12.2 Å². The van der Waals surface area contributed by atoms with E-state index in [0.717, 1.165) is 25.0 Å². The highest BCUT2D eigenvalue weighted by atomic mass is 16.5. The molecule has 0 aliphatic heterocycles. The summed E-state index contributed by atoms with van der Waals surface area (Å²) in [5, 5.41) is 0. The van der Waals surface area contributed by atoms with Crippen LogP contribution in [0.15, 0.2) is 29.8 Å². The lowest BCUT2D eigenvalue weighted by Gasteiger charge is -2.44. The van der Waals surface area contributed by atoms with E-state index in [9.17, 15) is 4.79 Å². The molecular formula is C18H22O2. The number of ether oxygens (including phenoxy) is 1. The molecule has 0 amide bonds. The lowest BCUT2D eigenvalue weighted by atomic mass is 9.59. The van der Waals surface area contributed by atoms with Gasteiger partial charge in [-0.05, 0) is 42.5 Å². The zero-order valence-electron chi connectivity index (χ0n) is 12.5. The highest BCUT2D eigenvalue weighted by molar-refractivity contribution is 5.86. The van der Waals surface area contributed by atoms with Gasteiger partial charge < -0.3 is 4.74 Å². The topological polar surface area (TPSA) is 26.3 Å². The molecule has 20 heavy (non-hydrogen) atoms. The molecule has 0 N–H and O–H groups in total. The van der Waals surface area contributed by atoms with Crippen LogP contribution in [-0.2, 0) is 16.6 Å². The summed E-state index contributed by atoms with van der Waals surface area (Å²) in [6.45, 7) is 4.43. The van der Waals surface area contributed by atoms with Crippen LogP contribution in [0.3, 0.4) is 0 Å². The number of Topliss-reactive ketones (excluding diaryl/α,β-unsaturated/α-hetero) is 1. The molecular weight excluding hydrogens is 248 g/mol. The number of methoxy groups -OCH3 is 1. The molecule has 2 aliphatic rings. The second-order valence-corrected chi connectivity index (χ2v) is 6.15. The highest BCUT2D eigenvalue weighted by Crippen LogP contribution is 2.49. The van der Waals surface area contributed by atoms with Gasteiger partial charge in [-0.1, -0.05) is 31.6 Å². The predicted octanol–water partition coefficient (Wildman–Crippen LogP) is 3.82. The Bertz CT molecular complexity index is 585. The molecule has 2 aliphatic carbocycles. The van der Waals surface area contributed by atoms with Gasteiger partial charge in [0.2, 0.25) is 0 Å². The average molecular weight is 270 g/mol. The Kier molecular flexibility index (Phi) is 3.19. The SMILES string of the molecule is CCC1C(=O)CC[C@]2(C)C1=CCc1cc(OC)ccc12. The first-order valence-corrected chi connectivity index (χ1v) is 7.50. The molecule has 1 aromatic rings. The molecule has 1 fully saturated rings. The summed E-state index contributed by atoms with van der Waals surface area (Å²) in [4.78, 5) is 12.2. The number of benzene rings is 1. The van der Waals surface area contributed by atoms with Crippen molar-refractivity contribution in [2.45, 2.75) is 44.9 Å². The van der Waals surface area contributed by atoms with E-state index in [1.54, 1.807) is 7.11 Å². The van der Waals surface area contributed by atoms with Crippen LogP contribution in [0, 0.1) is 5.92 Å². The Morgan fingerprint density at radius 3 is 2.90 bits per heavy atom. The van der Waals surface area contributed by atoms with Crippen LogP contribution in [0.1, 0.15) is 44.2 Å². The number of rotatable bonds is 2. The van der Waals surface area contributed by atoms with Crippen LogP contribution in [-0.4, -0.2) is 12.9 Å². The third-order valence-corrected chi connectivity index (χ3v) is 5.13. The summed E-state index contributed by atoms with van der Waals surface area (Å²) in [7, 11) is 1.71. The van der Waals surface area contributed by atoms with Crippen LogP contribution < -0.4 is 4.74 Å². The summed E-state index contributed by atoms with van der Waals surface area (Å²) in [6, 6.07) is 6.39. The Morgan fingerprint density at radius 1 is 1.40 bits per heavy atom. The lowest BCUT2D eigenvalue weighted by Crippen LogP contribution is -2.40. The Morgan fingerprint density at radius 2 is 2.20 bits per heavy atom. The van der Waals surface area contributed by atoms with E-state index >= 15 is 0 Å². The molecule has 1 aromatic carbocycles. The molecule has 2 heteroatoms. The number of hydrogen-bond acceptors (Lipinski definition) is 2. The number of carbonyl (C=O) groups is 1. The molecule has 2 nitrogen and oxygen atoms in total. The van der Waals surface area contributed by atoms with Crippen molar-refractivity contribution >= 4 is 5.78 Å². The van der Waals surface area contributed by atoms with Gasteiger partial charge in [-0.25, -0.2) is 0 Å². The van der Waals surface area contributed by atoms with Crippen molar-refractivity contribution in [1.29, 1.82) is 0 Å². The number of carbonyl (C=O) groups excluding carboxylic acids is 1. The van der Waals surface area contributed by atoms with E-state index in [4.69, 9.17) is 4.74 Å². The maximum Gasteiger partial charge on any atom is 0.140 e. The van der Waals surface area contributed by atoms with Crippen molar-refractivity contribution in [2.75, 3.05) is 7.11 Å². The molecule has 2 atom stereocenters. The first-order chi connectivity index (χ1) is 9.60. The number of ketones is 1. The van der Waals surface area contributed by atoms with Gasteiger partial charge in [0.25, 0.3) is 0 Å². The predicted molar refractivity (Wildman–Crippen MR) is 80.2 cm³/mol. The van der Waals surface area contributed by atoms with E-state index in [1.165, 1.54) is 16.7 Å². The monoisotopic (exact) mass is 270 g/mol. The quantitative estimate of drug-likeness (QED) is 0.764. The third kappa shape index (κ3) is 1.81. The van der Waals surface area contributed by atoms with E-state index < -0.39 is 0 Å². The second kappa shape index (κ2) is 4.76. The zero-order valence-corrected chi connectivity index (χ0v) is 12.5. The minimum atomic E-state index is 0.0362. The van der Waals surface area contributed by atoms with Gasteiger partial charge in [-0.3, -0.25) is 4.79 Å². The standard InChI is InChI=1S/C18H22O2/c1-4-14-16-7-5-12-11-13(20-3)6-8-15(12)18(16,2)10-9-17(14)19/h6-8,11,14H,4-5,9-10H2,1-3H3/t14?,18-/m0/s1. The Hall–Kier alpha value is -1.57. The average Bonchev–Trinajstić information content (AvgIpc) is 2.47. The fraction of sp³-hybridized carbons (Fsp3) is 0.500. The fourth-order valence-electron chi connectivity index (χ4n) is 3.98. The van der Waals surface area contributed by atoms with Gasteiger partial charge >= 0.3 is 0 Å². The highest BCUT2D eigenvalue weighted by Gasteiger charge is 2.44. The molecule has 106 valence electrons. The summed E-state index contributed by atoms with van der Waals surface area (Å²) in [6.07, 6.45) is 5.78. The first-order valence-electron chi connectivity index (χ1n) is 7.50. The second-order valence-electron chi connectivity index (χ2n) is 6.15. The molecule has 3 rings (SSSR count). The van der Waals surface area contributed by atoms with Gasteiger partial charge in [0.05, 0.1) is 7.11 Å². The van der Waals surface area contributed by atoms with E-state index in [2.05, 4.69) is 32.1 Å². The van der Waals surface area contributed by atoms with Gasteiger partial charge in [0.15, 0.2) is 0 Å². The lowest BCUT2D eigenvalue weighted by molar-refractivity contribution is -0.123. The number of fused-ring (bicyclic) bond motifs is 3. The molecule has 0 aromatic heterocycles. The maximum absolute atomic E-state index is 12.2. The van der Waals surface area contributed by atoms with Crippen LogP contribution in [0.25, 0.3) is 0 Å². The minimum Gasteiger partial charge on any atom is -0.497 e. The summed E-state index contributed by atoms with van der Waals surface area (Å²) >= 11 is 0. The van der Waals surface area contributed by atoms with Crippen molar-refractivity contribution < 1.29 is 9.53 Å². The van der Waals surface area contributed by atoms with Crippen molar-refractivity contribution in [3.05, 3.63) is 41.0 Å². The fourth-order valence-corrected chi connectivity index (χ4v) is 3.98. The Balaban J connectivity index is 2.09. The number of hydrogen-bond donors (Lipinski definition) is 0. The summed E-state index contributed by atoms with van der Waals surface area (Å²) < 4.78 is 5.33. The van der Waals surface area contributed by atoms with Crippen LogP contribution >= 0.6 is 0 Å². The normalized spacial score (nSPS) is 28.4. The smallest absolute Gasteiger partial charge is 0.140 e. The molecule has 0 spiro atoms. The van der Waals surface area contributed by atoms with Crippen LogP contribution in [0.5, 0.6) is 5.75 Å². The zero-order chi connectivity index (χ0) is 14.3. The van der Waals surface area contributed by atoms with Crippen molar-refractivity contribution in [1.82, 2.24) is 0 Å². The molecule has 0 heterocycles. The molecule has 1 unspecified atom stereocenters. The number of allylic oxidation sites excluding steroid dienone is 2. The van der Waals surface area contributed by atoms with E-state index in [-0.39, 0.29) is 11.3 Å². The molecule has 0 bridgehead atoms. The third-order valence-electron chi connectivity index (χ3n) is 5.13. The van der Waals surface area contributed by atoms with Gasteiger partial charge in [-0.2, -0.15) is 0 Å².